The maximum Gasteiger partial charge on any atom is 0.295 e. The minimum Gasteiger partial charge on any atom is -0.507 e. The van der Waals surface area contributed by atoms with Crippen molar-refractivity contribution in [1.29, 1.82) is 0 Å². The van der Waals surface area contributed by atoms with Gasteiger partial charge in [0.25, 0.3) is 11.7 Å². The van der Waals surface area contributed by atoms with Crippen LogP contribution in [0.2, 0.25) is 0 Å². The number of aliphatic hydroxyl groups excluding tert-OH is 1. The van der Waals surface area contributed by atoms with E-state index in [9.17, 15) is 19.8 Å². The van der Waals surface area contributed by atoms with Crippen LogP contribution in [-0.4, -0.2) is 56.1 Å². The molecule has 0 saturated carbocycles. The Morgan fingerprint density at radius 2 is 1.92 bits per heavy atom. The number of hydrogen-bond donors (Lipinski definition) is 2. The van der Waals surface area contributed by atoms with E-state index in [2.05, 4.69) is 4.98 Å². The second-order valence-electron chi connectivity index (χ2n) is 8.68. The number of Topliss-reactive ketones (excluding diaryl/α,β-unsaturated/α-hetero) is 1. The molecule has 1 aliphatic heterocycles. The first-order valence-electron chi connectivity index (χ1n) is 12.4. The van der Waals surface area contributed by atoms with Crippen LogP contribution in [-0.2, 0) is 16.1 Å². The van der Waals surface area contributed by atoms with Crippen LogP contribution < -0.4 is 9.47 Å². The van der Waals surface area contributed by atoms with Gasteiger partial charge in [-0.3, -0.25) is 9.59 Å². The van der Waals surface area contributed by atoms with E-state index in [1.807, 2.05) is 17.7 Å². The number of rotatable bonds is 11. The molecular weight excluding hydrogens is 474 g/mol. The number of ketones is 1. The smallest absolute Gasteiger partial charge is 0.295 e. The molecule has 2 N–H and O–H groups in total. The Morgan fingerprint density at radius 3 is 2.65 bits per heavy atom. The summed E-state index contributed by atoms with van der Waals surface area (Å²) in [7, 11) is 0. The van der Waals surface area contributed by atoms with Crippen LogP contribution in [0.5, 0.6) is 17.2 Å². The molecule has 0 bridgehead atoms. The SMILES string of the molecule is CCCOc1cccc(/C(O)=C2\C(=O)C(=O)N(CCCn3ccnc3)C2c2ccc(O)c(OCC)c2)c1. The molecular formula is C28H31N3O6. The maximum atomic E-state index is 13.3. The van der Waals surface area contributed by atoms with Gasteiger partial charge in [-0.05, 0) is 49.6 Å². The number of aryl methyl sites for hydroxylation is 1. The highest BCUT2D eigenvalue weighted by Gasteiger charge is 2.46. The number of benzene rings is 2. The molecule has 3 aromatic rings. The Labute approximate surface area is 215 Å². The highest BCUT2D eigenvalue weighted by molar-refractivity contribution is 6.46. The molecule has 2 heterocycles. The van der Waals surface area contributed by atoms with Gasteiger partial charge in [0.1, 0.15) is 11.5 Å². The van der Waals surface area contributed by atoms with Crippen molar-refractivity contribution in [2.24, 2.45) is 0 Å². The van der Waals surface area contributed by atoms with Crippen molar-refractivity contribution in [3.8, 4) is 17.2 Å². The number of phenolic OH excluding ortho intramolecular Hbond substituents is 1. The van der Waals surface area contributed by atoms with Crippen LogP contribution in [0.4, 0.5) is 0 Å². The molecule has 1 saturated heterocycles. The van der Waals surface area contributed by atoms with Gasteiger partial charge in [-0.15, -0.1) is 0 Å². The summed E-state index contributed by atoms with van der Waals surface area (Å²) >= 11 is 0. The lowest BCUT2D eigenvalue weighted by Crippen LogP contribution is -2.31. The summed E-state index contributed by atoms with van der Waals surface area (Å²) in [6.07, 6.45) is 6.58. The predicted molar refractivity (Wildman–Crippen MR) is 137 cm³/mol. The fraction of sp³-hybridized carbons (Fsp3) is 0.321. The number of hydrogen-bond acceptors (Lipinski definition) is 7. The topological polar surface area (TPSA) is 114 Å². The van der Waals surface area contributed by atoms with Gasteiger partial charge in [0.05, 0.1) is 31.2 Å². The molecule has 9 nitrogen and oxygen atoms in total. The summed E-state index contributed by atoms with van der Waals surface area (Å²) in [6, 6.07) is 10.7. The lowest BCUT2D eigenvalue weighted by molar-refractivity contribution is -0.139. The third kappa shape index (κ3) is 5.61. The number of likely N-dealkylation sites (tertiary alicyclic amines) is 1. The quantitative estimate of drug-likeness (QED) is 0.227. The molecule has 0 radical (unpaired) electrons. The number of aliphatic hydroxyl groups is 1. The Bertz CT molecular complexity index is 1280. The highest BCUT2D eigenvalue weighted by atomic mass is 16.5. The summed E-state index contributed by atoms with van der Waals surface area (Å²) in [4.78, 5) is 32.0. The largest absolute Gasteiger partial charge is 0.507 e. The van der Waals surface area contributed by atoms with Crippen LogP contribution >= 0.6 is 0 Å². The normalized spacial score (nSPS) is 16.8. The lowest BCUT2D eigenvalue weighted by atomic mass is 9.95. The van der Waals surface area contributed by atoms with Crippen molar-refractivity contribution in [3.63, 3.8) is 0 Å². The first-order valence-corrected chi connectivity index (χ1v) is 12.4. The first-order chi connectivity index (χ1) is 17.9. The van der Waals surface area contributed by atoms with E-state index in [1.54, 1.807) is 55.8 Å². The summed E-state index contributed by atoms with van der Waals surface area (Å²) < 4.78 is 13.1. The second kappa shape index (κ2) is 11.6. The fourth-order valence-electron chi connectivity index (χ4n) is 4.38. The average Bonchev–Trinajstić information content (AvgIpc) is 3.51. The average molecular weight is 506 g/mol. The molecule has 4 rings (SSSR count). The fourth-order valence-corrected chi connectivity index (χ4v) is 4.38. The number of carbonyl (C=O) groups excluding carboxylic acids is 2. The van der Waals surface area contributed by atoms with Crippen LogP contribution in [0.3, 0.4) is 0 Å². The van der Waals surface area contributed by atoms with Crippen molar-refractivity contribution >= 4 is 17.4 Å². The van der Waals surface area contributed by atoms with E-state index in [1.165, 1.54) is 11.0 Å². The van der Waals surface area contributed by atoms with E-state index in [0.29, 0.717) is 43.1 Å². The molecule has 1 fully saturated rings. The van der Waals surface area contributed by atoms with Gasteiger partial charge in [0.2, 0.25) is 0 Å². The van der Waals surface area contributed by atoms with E-state index in [0.717, 1.165) is 6.42 Å². The third-order valence-electron chi connectivity index (χ3n) is 6.09. The second-order valence-corrected chi connectivity index (χ2v) is 8.68. The monoisotopic (exact) mass is 505 g/mol. The molecule has 194 valence electrons. The molecule has 2 aromatic carbocycles. The molecule has 0 spiro atoms. The number of carbonyl (C=O) groups is 2. The summed E-state index contributed by atoms with van der Waals surface area (Å²) in [5.41, 5.74) is 0.898. The molecule has 1 aromatic heterocycles. The number of phenols is 1. The Balaban J connectivity index is 1.76. The van der Waals surface area contributed by atoms with Crippen LogP contribution in [0.1, 0.15) is 43.9 Å². The van der Waals surface area contributed by atoms with Crippen LogP contribution in [0, 0.1) is 0 Å². The maximum absolute atomic E-state index is 13.3. The van der Waals surface area contributed by atoms with Gasteiger partial charge >= 0.3 is 0 Å². The number of imidazole rings is 1. The Hall–Kier alpha value is -4.27. The first kappa shape index (κ1) is 25.8. The van der Waals surface area contributed by atoms with Crippen molar-refractivity contribution < 1.29 is 29.3 Å². The molecule has 9 heteroatoms. The van der Waals surface area contributed by atoms with E-state index < -0.39 is 17.7 Å². The van der Waals surface area contributed by atoms with Gasteiger partial charge in [-0.1, -0.05) is 25.1 Å². The van der Waals surface area contributed by atoms with E-state index in [-0.39, 0.29) is 29.4 Å². The van der Waals surface area contributed by atoms with Crippen molar-refractivity contribution in [2.45, 2.75) is 39.3 Å². The molecule has 37 heavy (non-hydrogen) atoms. The van der Waals surface area contributed by atoms with Crippen molar-refractivity contribution in [3.05, 3.63) is 77.9 Å². The zero-order chi connectivity index (χ0) is 26.4. The van der Waals surface area contributed by atoms with Gasteiger partial charge in [-0.25, -0.2) is 4.98 Å². The molecule has 1 atom stereocenters. The number of nitrogens with zero attached hydrogens (tertiary/aromatic N) is 3. The Morgan fingerprint density at radius 1 is 1.08 bits per heavy atom. The Kier molecular flexibility index (Phi) is 8.12. The highest BCUT2D eigenvalue weighted by Crippen LogP contribution is 2.42. The van der Waals surface area contributed by atoms with Crippen molar-refractivity contribution in [2.75, 3.05) is 19.8 Å². The predicted octanol–water partition coefficient (Wildman–Crippen LogP) is 4.29. The third-order valence-corrected chi connectivity index (χ3v) is 6.09. The zero-order valence-electron chi connectivity index (χ0n) is 21.0. The van der Waals surface area contributed by atoms with Gasteiger partial charge < -0.3 is 29.2 Å². The van der Waals surface area contributed by atoms with E-state index in [4.69, 9.17) is 9.47 Å². The van der Waals surface area contributed by atoms with Gasteiger partial charge in [0.15, 0.2) is 11.5 Å². The zero-order valence-corrected chi connectivity index (χ0v) is 21.0. The van der Waals surface area contributed by atoms with Crippen LogP contribution in [0.15, 0.2) is 66.8 Å². The summed E-state index contributed by atoms with van der Waals surface area (Å²) in [5.74, 6) is -1.01. The van der Waals surface area contributed by atoms with Gasteiger partial charge in [0, 0.05) is 31.0 Å². The van der Waals surface area contributed by atoms with Gasteiger partial charge in [-0.2, -0.15) is 0 Å². The molecule has 1 unspecified atom stereocenters. The minimum absolute atomic E-state index is 0.0200. The summed E-state index contributed by atoms with van der Waals surface area (Å²) in [5, 5.41) is 21.6. The number of ether oxygens (including phenoxy) is 2. The molecule has 0 aliphatic carbocycles. The van der Waals surface area contributed by atoms with E-state index >= 15 is 0 Å². The van der Waals surface area contributed by atoms with Crippen molar-refractivity contribution in [1.82, 2.24) is 14.5 Å². The number of aromatic nitrogens is 2. The molecule has 1 aliphatic rings. The minimum atomic E-state index is -0.859. The molecule has 1 amide bonds. The summed E-state index contributed by atoms with van der Waals surface area (Å²) in [6.45, 7) is 5.50. The van der Waals surface area contributed by atoms with Crippen LogP contribution in [0.25, 0.3) is 5.76 Å². The number of amides is 1. The number of aromatic hydroxyl groups is 1. The lowest BCUT2D eigenvalue weighted by Gasteiger charge is -2.26. The standard InChI is InChI=1S/C28H31N3O6/c1-3-15-37-21-8-5-7-20(16-21)26(33)24-25(19-9-10-22(32)23(17-19)36-4-2)31(28(35)27(24)34)13-6-12-30-14-11-29-18-30/h5,7-11,14,16-18,25,32-33H,3-4,6,12-13,15H2,1-2H3/b26-24+.